The zero-order valence-corrected chi connectivity index (χ0v) is 30.1. The molecule has 4 atom stereocenters. The molecule has 1 saturated heterocycles. The summed E-state index contributed by atoms with van der Waals surface area (Å²) < 4.78 is 5.47. The van der Waals surface area contributed by atoms with Crippen LogP contribution in [0.1, 0.15) is 70.9 Å². The summed E-state index contributed by atoms with van der Waals surface area (Å²) in [6.07, 6.45) is 3.59. The maximum atomic E-state index is 14.6. The van der Waals surface area contributed by atoms with Crippen LogP contribution in [0.3, 0.4) is 0 Å². The summed E-state index contributed by atoms with van der Waals surface area (Å²) in [7, 11) is 0. The van der Waals surface area contributed by atoms with Gasteiger partial charge in [-0.2, -0.15) is 0 Å². The van der Waals surface area contributed by atoms with Gasteiger partial charge in [0.1, 0.15) is 24.3 Å². The Morgan fingerprint density at radius 3 is 2.37 bits per heavy atom. The van der Waals surface area contributed by atoms with E-state index in [2.05, 4.69) is 21.4 Å². The molecule has 0 unspecified atom stereocenters. The molecule has 52 heavy (non-hydrogen) atoms. The molecule has 2 heterocycles. The summed E-state index contributed by atoms with van der Waals surface area (Å²) in [5.41, 5.74) is 3.47. The average Bonchev–Trinajstić information content (AvgIpc) is 3.73. The number of carbonyl (C=O) groups is 5. The Labute approximate surface area is 303 Å². The summed E-state index contributed by atoms with van der Waals surface area (Å²) in [6.45, 7) is 7.29. The molecule has 12 heteroatoms. The van der Waals surface area contributed by atoms with E-state index < -0.39 is 58.7 Å². The van der Waals surface area contributed by atoms with Gasteiger partial charge >= 0.3 is 6.09 Å². The van der Waals surface area contributed by atoms with Crippen LogP contribution in [0.25, 0.3) is 16.5 Å². The number of Topliss-reactive ketones (excluding diaryl/α,β-unsaturated/α-hetero) is 1. The number of nitrogens with zero attached hydrogens (tertiary/aromatic N) is 1. The first-order chi connectivity index (χ1) is 24.9. The van der Waals surface area contributed by atoms with Gasteiger partial charge in [0.15, 0.2) is 0 Å². The highest BCUT2D eigenvalue weighted by Crippen LogP contribution is 2.39. The number of hydrogen-bond acceptors (Lipinski definition) is 8. The van der Waals surface area contributed by atoms with Crippen molar-refractivity contribution in [2.75, 3.05) is 6.54 Å². The van der Waals surface area contributed by atoms with E-state index in [1.54, 1.807) is 0 Å². The first-order valence-corrected chi connectivity index (χ1v) is 17.9. The Kier molecular flexibility index (Phi) is 10.7. The zero-order chi connectivity index (χ0) is 37.0. The quantitative estimate of drug-likeness (QED) is 0.200. The molecule has 274 valence electrons. The number of hydroxylamine groups is 1. The maximum Gasteiger partial charge on any atom is 0.408 e. The number of nitrogens with one attached hydrogen (secondary N) is 4. The van der Waals surface area contributed by atoms with Crippen LogP contribution in [0.2, 0.25) is 0 Å². The minimum atomic E-state index is -1.11. The number of fused-ring (bicyclic) bond motifs is 1. The van der Waals surface area contributed by atoms with Gasteiger partial charge in [0.05, 0.1) is 18.3 Å². The number of carbonyl (C=O) groups excluding carboxylic acids is 5. The largest absolute Gasteiger partial charge is 0.445 e. The predicted molar refractivity (Wildman–Crippen MR) is 195 cm³/mol. The fourth-order valence-electron chi connectivity index (χ4n) is 6.69. The normalized spacial score (nSPS) is 20.8. The zero-order valence-electron chi connectivity index (χ0n) is 30.1. The first-order valence-electron chi connectivity index (χ1n) is 17.9. The third-order valence-electron chi connectivity index (χ3n) is 9.71. The maximum absolute atomic E-state index is 14.6. The average molecular weight is 710 g/mol. The molecule has 0 bridgehead atoms. The van der Waals surface area contributed by atoms with E-state index in [0.717, 1.165) is 34.7 Å². The second kappa shape index (κ2) is 15.2. The molecule has 3 aromatic rings. The van der Waals surface area contributed by atoms with E-state index in [4.69, 9.17) is 9.57 Å². The lowest BCUT2D eigenvalue weighted by Crippen LogP contribution is -2.59. The van der Waals surface area contributed by atoms with Crippen LogP contribution in [-0.2, 0) is 35.4 Å². The van der Waals surface area contributed by atoms with Crippen LogP contribution in [0.15, 0.2) is 78.9 Å². The predicted octanol–water partition coefficient (Wildman–Crippen LogP) is 4.53. The lowest BCUT2D eigenvalue weighted by Gasteiger charge is -2.35. The van der Waals surface area contributed by atoms with Gasteiger partial charge in [0.2, 0.25) is 17.6 Å². The highest BCUT2D eigenvalue weighted by molar-refractivity contribution is 6.38. The van der Waals surface area contributed by atoms with Crippen molar-refractivity contribution in [1.82, 2.24) is 26.3 Å². The summed E-state index contributed by atoms with van der Waals surface area (Å²) in [6, 6.07) is 19.9. The Hall–Kier alpha value is -5.23. The fraction of sp³-hybridized carbons (Fsp3) is 0.425. The number of ketones is 1. The van der Waals surface area contributed by atoms with Gasteiger partial charge in [-0.25, -0.2) is 4.79 Å². The fourth-order valence-corrected chi connectivity index (χ4v) is 6.69. The van der Waals surface area contributed by atoms with Crippen LogP contribution in [0.5, 0.6) is 0 Å². The van der Waals surface area contributed by atoms with Gasteiger partial charge in [-0.15, -0.1) is 0 Å². The molecule has 0 radical (unpaired) electrons. The van der Waals surface area contributed by atoms with Crippen molar-refractivity contribution in [3.63, 3.8) is 0 Å². The van der Waals surface area contributed by atoms with Gasteiger partial charge < -0.3 is 25.6 Å². The van der Waals surface area contributed by atoms with Crippen LogP contribution in [0.4, 0.5) is 4.79 Å². The van der Waals surface area contributed by atoms with Gasteiger partial charge in [0.25, 0.3) is 5.91 Å². The number of likely N-dealkylation sites (tertiary alicyclic amines) is 1. The van der Waals surface area contributed by atoms with Gasteiger partial charge in [0, 0.05) is 18.0 Å². The van der Waals surface area contributed by atoms with Crippen molar-refractivity contribution in [3.05, 3.63) is 90.0 Å². The highest BCUT2D eigenvalue weighted by Gasteiger charge is 2.54. The molecule has 1 saturated carbocycles. The van der Waals surface area contributed by atoms with Crippen LogP contribution < -0.4 is 21.4 Å². The Morgan fingerprint density at radius 1 is 0.962 bits per heavy atom. The van der Waals surface area contributed by atoms with Crippen molar-refractivity contribution < 1.29 is 33.5 Å². The third kappa shape index (κ3) is 8.45. The first kappa shape index (κ1) is 36.6. The molecule has 6 rings (SSSR count). The molecule has 1 aliphatic carbocycles. The minimum absolute atomic E-state index is 0.0125. The molecule has 3 aromatic carbocycles. The van der Waals surface area contributed by atoms with Crippen molar-refractivity contribution >= 4 is 46.1 Å². The second-order valence-corrected chi connectivity index (χ2v) is 15.0. The summed E-state index contributed by atoms with van der Waals surface area (Å²) >= 11 is 0. The van der Waals surface area contributed by atoms with Crippen LogP contribution >= 0.6 is 0 Å². The topological polar surface area (TPSA) is 155 Å². The summed E-state index contributed by atoms with van der Waals surface area (Å²) in [5, 5.41) is 10.4. The van der Waals surface area contributed by atoms with Gasteiger partial charge in [-0.1, -0.05) is 101 Å². The molecule has 2 fully saturated rings. The van der Waals surface area contributed by atoms with Crippen molar-refractivity contribution in [2.45, 2.75) is 96.2 Å². The second-order valence-electron chi connectivity index (χ2n) is 15.0. The number of hydrogen-bond donors (Lipinski definition) is 4. The smallest absolute Gasteiger partial charge is 0.408 e. The Balaban J connectivity index is 1.27. The van der Waals surface area contributed by atoms with Crippen LogP contribution in [-0.4, -0.2) is 70.8 Å². The highest BCUT2D eigenvalue weighted by atomic mass is 16.7. The lowest BCUT2D eigenvalue weighted by molar-refractivity contribution is -0.144. The number of amides is 4. The lowest BCUT2D eigenvalue weighted by atomic mass is 9.85. The minimum Gasteiger partial charge on any atom is -0.445 e. The molecule has 4 amide bonds. The molecule has 12 nitrogen and oxygen atoms in total. The molecule has 3 aliphatic rings. The molecular weight excluding hydrogens is 662 g/mol. The van der Waals surface area contributed by atoms with Crippen molar-refractivity contribution in [1.29, 1.82) is 0 Å². The van der Waals surface area contributed by atoms with E-state index >= 15 is 0 Å². The molecule has 2 aliphatic heterocycles. The monoisotopic (exact) mass is 709 g/mol. The van der Waals surface area contributed by atoms with E-state index in [1.165, 1.54) is 4.90 Å². The summed E-state index contributed by atoms with van der Waals surface area (Å²) in [4.78, 5) is 75.4. The number of ether oxygens (including phenoxy) is 1. The summed E-state index contributed by atoms with van der Waals surface area (Å²) in [5.74, 6) is -2.55. The van der Waals surface area contributed by atoms with Crippen molar-refractivity contribution in [3.8, 4) is 0 Å². The third-order valence-corrected chi connectivity index (χ3v) is 9.71. The number of benzene rings is 3. The standard InChI is InChI=1S/C40H47N5O7/c1-5-11-30(33(46)36(48)41-29-18-19-29)42-35(47)32-22-40(21-31(44-52-40)28-17-16-26-14-9-10-15-27(26)20-28)24-45(32)37(49)34(39(2,3)4)43-38(50)51-23-25-12-7-6-8-13-25/h6-10,12-17,20-21,29-30,32,34,44H,5,11,18-19,22-24H2,1-4H3,(H,41,48)(H,42,47)(H,43,50)/t30-,32-,34+,40+/m0/s1. The van der Waals surface area contributed by atoms with E-state index in [1.807, 2.05) is 107 Å². The number of alkyl carbamates (subject to hydrolysis) is 1. The van der Waals surface area contributed by atoms with Crippen LogP contribution in [0, 0.1) is 5.41 Å². The van der Waals surface area contributed by atoms with Gasteiger partial charge in [-0.05, 0) is 53.2 Å². The molecule has 4 N–H and O–H groups in total. The van der Waals surface area contributed by atoms with E-state index in [9.17, 15) is 24.0 Å². The van der Waals surface area contributed by atoms with Crippen molar-refractivity contribution in [2.24, 2.45) is 5.41 Å². The van der Waals surface area contributed by atoms with E-state index in [-0.39, 0.29) is 32.0 Å². The molecule has 1 spiro atoms. The molecular formula is C40H47N5O7. The van der Waals surface area contributed by atoms with E-state index in [0.29, 0.717) is 12.1 Å². The molecule has 0 aromatic heterocycles. The Bertz CT molecular complexity index is 1870. The Morgan fingerprint density at radius 2 is 1.67 bits per heavy atom. The number of rotatable bonds is 12. The van der Waals surface area contributed by atoms with Gasteiger partial charge in [-0.3, -0.25) is 29.5 Å². The SMILES string of the molecule is CCC[C@H](NC(=O)[C@@H]1C[C@]2(C=C(c3ccc4ccccc4c3)NO2)CN1C(=O)[C@@H](NC(=O)OCc1ccccc1)C(C)(C)C)C(=O)C(=O)NC1CC1.